The summed E-state index contributed by atoms with van der Waals surface area (Å²) in [5.41, 5.74) is 2.01. The number of rotatable bonds is 3. The van der Waals surface area contributed by atoms with Gasteiger partial charge in [0.15, 0.2) is 5.58 Å². The van der Waals surface area contributed by atoms with Crippen LogP contribution in [0.25, 0.3) is 11.1 Å². The molecule has 1 saturated heterocycles. The van der Waals surface area contributed by atoms with E-state index in [0.717, 1.165) is 11.5 Å². The number of oxazole rings is 1. The molecule has 0 N–H and O–H groups in total. The summed E-state index contributed by atoms with van der Waals surface area (Å²) in [6.45, 7) is 3.20. The summed E-state index contributed by atoms with van der Waals surface area (Å²) >= 11 is 0. The third-order valence-corrected chi connectivity index (χ3v) is 4.61. The standard InChI is InChI=1S/C18H20N4O4/c1-12-9-20(2)17(19-12)15-10-21(7-8-25-15)16(23)11-22-13-5-3-4-6-14(13)26-18(22)24/h3-6,9,15H,7-8,10-11H2,1-2H3. The van der Waals surface area contributed by atoms with E-state index < -0.39 is 5.76 Å². The first-order chi connectivity index (χ1) is 12.5. The molecule has 8 nitrogen and oxygen atoms in total. The molecule has 26 heavy (non-hydrogen) atoms. The molecule has 2 aromatic heterocycles. The highest BCUT2D eigenvalue weighted by Crippen LogP contribution is 2.22. The van der Waals surface area contributed by atoms with Crippen molar-refractivity contribution >= 4 is 17.0 Å². The number of carbonyl (C=O) groups is 1. The number of ether oxygens (including phenoxy) is 1. The van der Waals surface area contributed by atoms with Crippen molar-refractivity contribution in [1.82, 2.24) is 19.0 Å². The average Bonchev–Trinajstić information content (AvgIpc) is 3.14. The van der Waals surface area contributed by atoms with Crippen molar-refractivity contribution in [3.05, 3.63) is 52.5 Å². The summed E-state index contributed by atoms with van der Waals surface area (Å²) in [5.74, 6) is 0.132. The highest BCUT2D eigenvalue weighted by atomic mass is 16.5. The van der Waals surface area contributed by atoms with Gasteiger partial charge in [0.2, 0.25) is 5.91 Å². The summed E-state index contributed by atoms with van der Waals surface area (Å²) in [6.07, 6.45) is 1.65. The Labute approximate surface area is 149 Å². The number of nitrogens with zero attached hydrogens (tertiary/aromatic N) is 4. The molecule has 1 aliphatic rings. The fourth-order valence-electron chi connectivity index (χ4n) is 3.36. The average molecular weight is 356 g/mol. The van der Waals surface area contributed by atoms with E-state index in [1.165, 1.54) is 4.57 Å². The van der Waals surface area contributed by atoms with E-state index in [1.54, 1.807) is 23.1 Å². The van der Waals surface area contributed by atoms with Crippen LogP contribution in [-0.2, 0) is 23.1 Å². The van der Waals surface area contributed by atoms with E-state index in [-0.39, 0.29) is 18.6 Å². The van der Waals surface area contributed by atoms with Crippen LogP contribution >= 0.6 is 0 Å². The molecule has 1 aromatic carbocycles. The number of fused-ring (bicyclic) bond motifs is 1. The molecule has 1 amide bonds. The smallest absolute Gasteiger partial charge is 0.408 e. The lowest BCUT2D eigenvalue weighted by atomic mass is 10.2. The van der Waals surface area contributed by atoms with Gasteiger partial charge in [0.25, 0.3) is 0 Å². The predicted molar refractivity (Wildman–Crippen MR) is 93.7 cm³/mol. The van der Waals surface area contributed by atoms with Crippen LogP contribution < -0.4 is 5.76 Å². The fourth-order valence-corrected chi connectivity index (χ4v) is 3.36. The molecule has 1 unspecified atom stereocenters. The molecule has 0 saturated carbocycles. The number of hydrogen-bond donors (Lipinski definition) is 0. The Kier molecular flexibility index (Phi) is 4.12. The van der Waals surface area contributed by atoms with Crippen LogP contribution in [-0.4, -0.2) is 44.6 Å². The third-order valence-electron chi connectivity index (χ3n) is 4.61. The topological polar surface area (TPSA) is 82.5 Å². The Bertz CT molecular complexity index is 1020. The van der Waals surface area contributed by atoms with Crippen LogP contribution in [0.4, 0.5) is 0 Å². The largest absolute Gasteiger partial charge is 0.420 e. The quantitative estimate of drug-likeness (QED) is 0.705. The van der Waals surface area contributed by atoms with Crippen molar-refractivity contribution in [3.8, 4) is 0 Å². The Hall–Kier alpha value is -2.87. The van der Waals surface area contributed by atoms with Crippen LogP contribution in [0.15, 0.2) is 39.7 Å². The predicted octanol–water partition coefficient (Wildman–Crippen LogP) is 1.24. The van der Waals surface area contributed by atoms with Gasteiger partial charge in [-0.2, -0.15) is 0 Å². The molecular weight excluding hydrogens is 336 g/mol. The Morgan fingerprint density at radius 1 is 1.35 bits per heavy atom. The normalized spacial score (nSPS) is 17.8. The molecule has 8 heteroatoms. The molecule has 0 radical (unpaired) electrons. The molecule has 136 valence electrons. The van der Waals surface area contributed by atoms with Gasteiger partial charge in [-0.1, -0.05) is 12.1 Å². The first kappa shape index (κ1) is 16.6. The van der Waals surface area contributed by atoms with Crippen molar-refractivity contribution in [1.29, 1.82) is 0 Å². The van der Waals surface area contributed by atoms with Crippen molar-refractivity contribution < 1.29 is 13.9 Å². The summed E-state index contributed by atoms with van der Waals surface area (Å²) in [4.78, 5) is 31.1. The van der Waals surface area contributed by atoms with Gasteiger partial charge in [-0.15, -0.1) is 0 Å². The zero-order chi connectivity index (χ0) is 18.3. The van der Waals surface area contributed by atoms with Gasteiger partial charge in [-0.05, 0) is 19.1 Å². The SMILES string of the molecule is Cc1cn(C)c(C2CN(C(=O)Cn3c(=O)oc4ccccc43)CCO2)n1. The van der Waals surface area contributed by atoms with E-state index in [9.17, 15) is 9.59 Å². The van der Waals surface area contributed by atoms with Crippen LogP contribution in [0.1, 0.15) is 17.6 Å². The summed E-state index contributed by atoms with van der Waals surface area (Å²) in [5, 5.41) is 0. The highest BCUT2D eigenvalue weighted by Gasteiger charge is 2.28. The van der Waals surface area contributed by atoms with Crippen molar-refractivity contribution in [2.24, 2.45) is 7.05 Å². The van der Waals surface area contributed by atoms with Crippen molar-refractivity contribution in [2.75, 3.05) is 19.7 Å². The minimum absolute atomic E-state index is 0.0534. The highest BCUT2D eigenvalue weighted by molar-refractivity contribution is 5.79. The van der Waals surface area contributed by atoms with Crippen LogP contribution in [0.3, 0.4) is 0 Å². The van der Waals surface area contributed by atoms with Gasteiger partial charge >= 0.3 is 5.76 Å². The maximum Gasteiger partial charge on any atom is 0.420 e. The van der Waals surface area contributed by atoms with Gasteiger partial charge in [0.1, 0.15) is 18.5 Å². The summed E-state index contributed by atoms with van der Waals surface area (Å²) < 4.78 is 14.3. The lowest BCUT2D eigenvalue weighted by molar-refractivity contribution is -0.140. The van der Waals surface area contributed by atoms with E-state index >= 15 is 0 Å². The van der Waals surface area contributed by atoms with E-state index in [1.807, 2.05) is 30.8 Å². The summed E-state index contributed by atoms with van der Waals surface area (Å²) in [6, 6.07) is 7.09. The maximum atomic E-state index is 12.8. The monoisotopic (exact) mass is 356 g/mol. The van der Waals surface area contributed by atoms with Crippen LogP contribution in [0.2, 0.25) is 0 Å². The Morgan fingerprint density at radius 3 is 2.92 bits per heavy atom. The number of para-hydroxylation sites is 2. The van der Waals surface area contributed by atoms with Crippen molar-refractivity contribution in [3.63, 3.8) is 0 Å². The molecule has 1 fully saturated rings. The minimum Gasteiger partial charge on any atom is -0.408 e. The number of aromatic nitrogens is 3. The number of morpholine rings is 1. The van der Waals surface area contributed by atoms with E-state index in [2.05, 4.69) is 4.98 Å². The molecule has 4 rings (SSSR count). The first-order valence-electron chi connectivity index (χ1n) is 8.50. The van der Waals surface area contributed by atoms with Gasteiger partial charge in [-0.25, -0.2) is 9.78 Å². The van der Waals surface area contributed by atoms with Gasteiger partial charge < -0.3 is 18.6 Å². The van der Waals surface area contributed by atoms with E-state index in [0.29, 0.717) is 30.8 Å². The molecule has 3 heterocycles. The molecular formula is C18H20N4O4. The fraction of sp³-hybridized carbons (Fsp3) is 0.389. The van der Waals surface area contributed by atoms with Gasteiger partial charge in [-0.3, -0.25) is 9.36 Å². The van der Waals surface area contributed by atoms with Crippen LogP contribution in [0, 0.1) is 6.92 Å². The second kappa shape index (κ2) is 6.45. The molecule has 0 bridgehead atoms. The Morgan fingerprint density at radius 2 is 2.15 bits per heavy atom. The number of carbonyl (C=O) groups excluding carboxylic acids is 1. The number of imidazole rings is 1. The number of hydrogen-bond acceptors (Lipinski definition) is 5. The number of aryl methyl sites for hydroxylation is 2. The maximum absolute atomic E-state index is 12.8. The lowest BCUT2D eigenvalue weighted by Crippen LogP contribution is -2.44. The molecule has 3 aromatic rings. The summed E-state index contributed by atoms with van der Waals surface area (Å²) in [7, 11) is 1.91. The number of amides is 1. The Balaban J connectivity index is 1.53. The van der Waals surface area contributed by atoms with Crippen molar-refractivity contribution in [2.45, 2.75) is 19.6 Å². The number of benzene rings is 1. The second-order valence-corrected chi connectivity index (χ2v) is 6.47. The van der Waals surface area contributed by atoms with Gasteiger partial charge in [0, 0.05) is 19.8 Å². The molecule has 0 aliphatic carbocycles. The zero-order valence-corrected chi connectivity index (χ0v) is 14.7. The minimum atomic E-state index is -0.524. The van der Waals surface area contributed by atoms with Crippen LogP contribution in [0.5, 0.6) is 0 Å². The third kappa shape index (κ3) is 2.92. The van der Waals surface area contributed by atoms with E-state index in [4.69, 9.17) is 9.15 Å². The molecule has 0 spiro atoms. The second-order valence-electron chi connectivity index (χ2n) is 6.47. The van der Waals surface area contributed by atoms with Gasteiger partial charge in [0.05, 0.1) is 24.4 Å². The molecule has 1 atom stereocenters. The first-order valence-corrected chi connectivity index (χ1v) is 8.50. The molecule has 1 aliphatic heterocycles. The lowest BCUT2D eigenvalue weighted by Gasteiger charge is -2.32. The zero-order valence-electron chi connectivity index (χ0n) is 14.7.